The number of likely N-dealkylation sites (N-methyl/N-ethyl adjacent to an activating group) is 1. The van der Waals surface area contributed by atoms with Crippen LogP contribution in [0.1, 0.15) is 19.4 Å². The van der Waals surface area contributed by atoms with Crippen molar-refractivity contribution in [3.8, 4) is 0 Å². The molecular formula is C21H23Cl4N3O4S. The van der Waals surface area contributed by atoms with Crippen LogP contribution in [0.3, 0.4) is 0 Å². The molecule has 0 aliphatic heterocycles. The van der Waals surface area contributed by atoms with Crippen LogP contribution in [0.25, 0.3) is 0 Å². The molecule has 0 fully saturated rings. The fourth-order valence-electron chi connectivity index (χ4n) is 3.01. The number of halogens is 4. The maximum atomic E-state index is 13.4. The molecule has 0 heterocycles. The number of anilines is 1. The van der Waals surface area contributed by atoms with Crippen molar-refractivity contribution in [1.82, 2.24) is 10.2 Å². The number of amides is 2. The lowest BCUT2D eigenvalue weighted by Crippen LogP contribution is -2.51. The number of hydrogen-bond acceptors (Lipinski definition) is 4. The molecule has 2 aromatic rings. The minimum absolute atomic E-state index is 0.103. The van der Waals surface area contributed by atoms with Gasteiger partial charge in [0, 0.05) is 28.7 Å². The third kappa shape index (κ3) is 7.13. The predicted molar refractivity (Wildman–Crippen MR) is 134 cm³/mol. The van der Waals surface area contributed by atoms with Crippen molar-refractivity contribution < 1.29 is 18.0 Å². The summed E-state index contributed by atoms with van der Waals surface area (Å²) in [5, 5.41) is 3.65. The van der Waals surface area contributed by atoms with Gasteiger partial charge in [0.05, 0.1) is 22.0 Å². The predicted octanol–water partition coefficient (Wildman–Crippen LogP) is 4.62. The Bertz CT molecular complexity index is 1120. The Morgan fingerprint density at radius 2 is 1.61 bits per heavy atom. The van der Waals surface area contributed by atoms with Crippen molar-refractivity contribution in [2.24, 2.45) is 0 Å². The van der Waals surface area contributed by atoms with E-state index >= 15 is 0 Å². The normalized spacial score (nSPS) is 12.2. The first-order valence-electron chi connectivity index (χ1n) is 9.79. The van der Waals surface area contributed by atoms with Crippen LogP contribution < -0.4 is 9.62 Å². The maximum Gasteiger partial charge on any atom is 0.244 e. The summed E-state index contributed by atoms with van der Waals surface area (Å²) in [5.41, 5.74) is 0.590. The summed E-state index contributed by atoms with van der Waals surface area (Å²) < 4.78 is 25.9. The van der Waals surface area contributed by atoms with Gasteiger partial charge in [-0.25, -0.2) is 8.42 Å². The lowest BCUT2D eigenvalue weighted by atomic mass is 10.1. The van der Waals surface area contributed by atoms with Crippen molar-refractivity contribution in [3.63, 3.8) is 0 Å². The smallest absolute Gasteiger partial charge is 0.244 e. The number of nitrogens with zero attached hydrogens (tertiary/aromatic N) is 2. The van der Waals surface area contributed by atoms with Gasteiger partial charge in [-0.15, -0.1) is 0 Å². The highest BCUT2D eigenvalue weighted by molar-refractivity contribution is 7.92. The average Bonchev–Trinajstić information content (AvgIpc) is 2.72. The van der Waals surface area contributed by atoms with Crippen LogP contribution in [0.5, 0.6) is 0 Å². The van der Waals surface area contributed by atoms with Crippen LogP contribution in [0.4, 0.5) is 5.69 Å². The molecule has 2 amide bonds. The van der Waals surface area contributed by atoms with E-state index in [1.54, 1.807) is 25.1 Å². The minimum Gasteiger partial charge on any atom is -0.355 e. The molecule has 0 aliphatic rings. The maximum absolute atomic E-state index is 13.4. The number of benzene rings is 2. The van der Waals surface area contributed by atoms with Crippen molar-refractivity contribution >= 4 is 73.9 Å². The van der Waals surface area contributed by atoms with E-state index in [2.05, 4.69) is 5.32 Å². The monoisotopic (exact) mass is 553 g/mol. The molecule has 2 rings (SSSR count). The number of carbonyl (C=O) groups is 2. The van der Waals surface area contributed by atoms with E-state index in [0.717, 1.165) is 10.6 Å². The zero-order chi connectivity index (χ0) is 24.9. The van der Waals surface area contributed by atoms with Crippen LogP contribution in [0.2, 0.25) is 20.1 Å². The molecule has 2 aromatic carbocycles. The molecule has 0 aromatic heterocycles. The summed E-state index contributed by atoms with van der Waals surface area (Å²) >= 11 is 24.5. The van der Waals surface area contributed by atoms with Crippen molar-refractivity contribution in [1.29, 1.82) is 0 Å². The molecule has 180 valence electrons. The summed E-state index contributed by atoms with van der Waals surface area (Å²) in [7, 11) is -3.89. The van der Waals surface area contributed by atoms with Gasteiger partial charge in [-0.2, -0.15) is 0 Å². The van der Waals surface area contributed by atoms with Crippen LogP contribution in [0.15, 0.2) is 36.4 Å². The molecule has 0 unspecified atom stereocenters. The fourth-order valence-corrected chi connectivity index (χ4v) is 4.66. The van der Waals surface area contributed by atoms with Gasteiger partial charge >= 0.3 is 0 Å². The zero-order valence-electron chi connectivity index (χ0n) is 18.1. The van der Waals surface area contributed by atoms with E-state index in [1.807, 2.05) is 0 Å². The van der Waals surface area contributed by atoms with Gasteiger partial charge < -0.3 is 10.2 Å². The van der Waals surface area contributed by atoms with Gasteiger partial charge in [0.2, 0.25) is 21.8 Å². The Kier molecular flexibility index (Phi) is 9.70. The van der Waals surface area contributed by atoms with Crippen LogP contribution in [-0.4, -0.2) is 50.5 Å². The minimum atomic E-state index is -3.89. The number of sulfonamides is 1. The summed E-state index contributed by atoms with van der Waals surface area (Å²) in [6, 6.07) is 8.16. The first kappa shape index (κ1) is 27.5. The van der Waals surface area contributed by atoms with Gasteiger partial charge in [0.1, 0.15) is 12.6 Å². The van der Waals surface area contributed by atoms with E-state index in [1.165, 1.54) is 30.0 Å². The SMILES string of the molecule is CCNC(=O)[C@H](C)N(Cc1c(Cl)cccc1Cl)C(=O)CN(c1ccc(Cl)c(Cl)c1)S(C)(=O)=O. The Labute approximate surface area is 213 Å². The first-order chi connectivity index (χ1) is 15.4. The second-order valence-corrected chi connectivity index (χ2v) is 10.7. The van der Waals surface area contributed by atoms with Crippen LogP contribution in [0, 0.1) is 0 Å². The molecule has 0 aliphatic carbocycles. The van der Waals surface area contributed by atoms with Gasteiger partial charge in [-0.05, 0) is 44.2 Å². The number of carbonyl (C=O) groups excluding carboxylic acids is 2. The highest BCUT2D eigenvalue weighted by Gasteiger charge is 2.31. The third-order valence-corrected chi connectivity index (χ3v) is 7.37. The van der Waals surface area contributed by atoms with Crippen LogP contribution in [-0.2, 0) is 26.2 Å². The highest BCUT2D eigenvalue weighted by Crippen LogP contribution is 2.29. The molecular weight excluding hydrogens is 532 g/mol. The fraction of sp³-hybridized carbons (Fsp3) is 0.333. The second kappa shape index (κ2) is 11.6. The van der Waals surface area contributed by atoms with Gasteiger partial charge in [-0.3, -0.25) is 13.9 Å². The molecule has 0 saturated heterocycles. The largest absolute Gasteiger partial charge is 0.355 e. The Morgan fingerprint density at radius 3 is 2.12 bits per heavy atom. The number of nitrogens with one attached hydrogen (secondary N) is 1. The molecule has 0 saturated carbocycles. The Balaban J connectivity index is 2.46. The molecule has 1 atom stereocenters. The van der Waals surface area contributed by atoms with E-state index in [-0.39, 0.29) is 22.3 Å². The van der Waals surface area contributed by atoms with Crippen molar-refractivity contribution in [3.05, 3.63) is 62.1 Å². The van der Waals surface area contributed by atoms with E-state index < -0.39 is 34.4 Å². The van der Waals surface area contributed by atoms with E-state index in [4.69, 9.17) is 46.4 Å². The van der Waals surface area contributed by atoms with Gasteiger partial charge in [-0.1, -0.05) is 52.5 Å². The molecule has 1 N–H and O–H groups in total. The average molecular weight is 555 g/mol. The lowest BCUT2D eigenvalue weighted by molar-refractivity contribution is -0.139. The summed E-state index contributed by atoms with van der Waals surface area (Å²) in [6.07, 6.45) is 0.964. The lowest BCUT2D eigenvalue weighted by Gasteiger charge is -2.32. The summed E-state index contributed by atoms with van der Waals surface area (Å²) in [5.74, 6) is -1.05. The number of rotatable bonds is 9. The van der Waals surface area contributed by atoms with Gasteiger partial charge in [0.15, 0.2) is 0 Å². The van der Waals surface area contributed by atoms with Gasteiger partial charge in [0.25, 0.3) is 0 Å². The molecule has 7 nitrogen and oxygen atoms in total. The quantitative estimate of drug-likeness (QED) is 0.490. The van der Waals surface area contributed by atoms with E-state index in [0.29, 0.717) is 22.2 Å². The zero-order valence-corrected chi connectivity index (χ0v) is 22.0. The molecule has 0 spiro atoms. The number of hydrogen-bond donors (Lipinski definition) is 1. The molecule has 0 bridgehead atoms. The first-order valence-corrected chi connectivity index (χ1v) is 13.2. The highest BCUT2D eigenvalue weighted by atomic mass is 35.5. The molecule has 0 radical (unpaired) electrons. The topological polar surface area (TPSA) is 86.8 Å². The Hall–Kier alpha value is -1.71. The summed E-state index contributed by atoms with van der Waals surface area (Å²) in [6.45, 7) is 2.96. The van der Waals surface area contributed by atoms with Crippen molar-refractivity contribution in [2.75, 3.05) is 23.7 Å². The second-order valence-electron chi connectivity index (χ2n) is 7.16. The van der Waals surface area contributed by atoms with Crippen LogP contribution >= 0.6 is 46.4 Å². The summed E-state index contributed by atoms with van der Waals surface area (Å²) in [4.78, 5) is 27.2. The molecule has 33 heavy (non-hydrogen) atoms. The van der Waals surface area contributed by atoms with E-state index in [9.17, 15) is 18.0 Å². The Morgan fingerprint density at radius 1 is 1.00 bits per heavy atom. The third-order valence-electron chi connectivity index (χ3n) is 4.78. The molecule has 12 heteroatoms. The standard InChI is InChI=1S/C21H23Cl4N3O4S/c1-4-26-21(30)13(2)27(11-15-16(22)6-5-7-17(15)23)20(29)12-28(33(3,31)32)14-8-9-18(24)19(25)10-14/h5-10,13H,4,11-12H2,1-3H3,(H,26,30)/t13-/m0/s1. The van der Waals surface area contributed by atoms with Crippen molar-refractivity contribution in [2.45, 2.75) is 26.4 Å².